The highest BCUT2D eigenvalue weighted by Gasteiger charge is 2.32. The number of hydrogen-bond acceptors (Lipinski definition) is 4. The van der Waals surface area contributed by atoms with Crippen molar-refractivity contribution >= 4 is 11.7 Å². The molecular formula is C16H22N4O2. The Balaban J connectivity index is 1.86. The van der Waals surface area contributed by atoms with Crippen molar-refractivity contribution in [2.24, 2.45) is 5.41 Å². The number of nitrogens with zero attached hydrogens (tertiary/aromatic N) is 1. The van der Waals surface area contributed by atoms with Crippen LogP contribution in [0.25, 0.3) is 0 Å². The molecule has 22 heavy (non-hydrogen) atoms. The third kappa shape index (κ3) is 4.45. The van der Waals surface area contributed by atoms with Crippen LogP contribution in [-0.2, 0) is 4.74 Å². The number of nitriles is 1. The SMILES string of the molecule is COCC1(CNC(=O)Nc2ccc(C#N)cc2)CCNCC1. The van der Waals surface area contributed by atoms with E-state index in [-0.39, 0.29) is 11.4 Å². The van der Waals surface area contributed by atoms with Gasteiger partial charge in [0.05, 0.1) is 18.2 Å². The van der Waals surface area contributed by atoms with Gasteiger partial charge in [-0.15, -0.1) is 0 Å². The van der Waals surface area contributed by atoms with Crippen molar-refractivity contribution in [2.45, 2.75) is 12.8 Å². The molecular weight excluding hydrogens is 280 g/mol. The van der Waals surface area contributed by atoms with E-state index in [9.17, 15) is 4.79 Å². The zero-order valence-electron chi connectivity index (χ0n) is 12.8. The lowest BCUT2D eigenvalue weighted by molar-refractivity contribution is 0.0558. The third-order valence-corrected chi connectivity index (χ3v) is 4.01. The number of methoxy groups -OCH3 is 1. The maximum absolute atomic E-state index is 12.0. The second kappa shape index (κ2) is 7.78. The van der Waals surface area contributed by atoms with E-state index in [0.29, 0.717) is 24.4 Å². The van der Waals surface area contributed by atoms with Crippen LogP contribution >= 0.6 is 0 Å². The Morgan fingerprint density at radius 3 is 2.64 bits per heavy atom. The van der Waals surface area contributed by atoms with Gasteiger partial charge in [-0.05, 0) is 50.2 Å². The predicted octanol–water partition coefficient (Wildman–Crippen LogP) is 1.70. The van der Waals surface area contributed by atoms with E-state index in [1.54, 1.807) is 31.4 Å². The van der Waals surface area contributed by atoms with Gasteiger partial charge in [-0.25, -0.2) is 4.79 Å². The molecule has 1 aromatic carbocycles. The van der Waals surface area contributed by atoms with Crippen LogP contribution in [0.15, 0.2) is 24.3 Å². The lowest BCUT2D eigenvalue weighted by Gasteiger charge is -2.37. The minimum absolute atomic E-state index is 0.00199. The van der Waals surface area contributed by atoms with Crippen LogP contribution in [0, 0.1) is 16.7 Å². The predicted molar refractivity (Wildman–Crippen MR) is 84.6 cm³/mol. The molecule has 2 amide bonds. The molecule has 0 bridgehead atoms. The summed E-state index contributed by atoms with van der Waals surface area (Å²) in [6.45, 7) is 3.13. The van der Waals surface area contributed by atoms with Crippen molar-refractivity contribution in [3.63, 3.8) is 0 Å². The molecule has 0 saturated carbocycles. The number of ether oxygens (including phenoxy) is 1. The number of amides is 2. The average molecular weight is 302 g/mol. The number of anilines is 1. The number of urea groups is 1. The number of nitrogens with one attached hydrogen (secondary N) is 3. The summed E-state index contributed by atoms with van der Waals surface area (Å²) in [6.07, 6.45) is 1.97. The number of carbonyl (C=O) groups is 1. The van der Waals surface area contributed by atoms with Gasteiger partial charge >= 0.3 is 6.03 Å². The molecule has 0 aromatic heterocycles. The van der Waals surface area contributed by atoms with Crippen molar-refractivity contribution in [1.29, 1.82) is 5.26 Å². The van der Waals surface area contributed by atoms with Crippen LogP contribution in [0.3, 0.4) is 0 Å². The molecule has 3 N–H and O–H groups in total. The van der Waals surface area contributed by atoms with Crippen molar-refractivity contribution in [3.05, 3.63) is 29.8 Å². The molecule has 1 aromatic rings. The minimum Gasteiger partial charge on any atom is -0.384 e. The smallest absolute Gasteiger partial charge is 0.319 e. The largest absolute Gasteiger partial charge is 0.384 e. The summed E-state index contributed by atoms with van der Waals surface area (Å²) in [4.78, 5) is 12.0. The van der Waals surface area contributed by atoms with Gasteiger partial charge in [0.2, 0.25) is 0 Å². The monoisotopic (exact) mass is 302 g/mol. The molecule has 1 saturated heterocycles. The molecule has 1 heterocycles. The van der Waals surface area contributed by atoms with E-state index < -0.39 is 0 Å². The first kappa shape index (κ1) is 16.3. The van der Waals surface area contributed by atoms with Crippen LogP contribution in [-0.4, -0.2) is 39.4 Å². The summed E-state index contributed by atoms with van der Waals surface area (Å²) in [5, 5.41) is 17.8. The van der Waals surface area contributed by atoms with Crippen molar-refractivity contribution in [2.75, 3.05) is 38.7 Å². The molecule has 6 nitrogen and oxygen atoms in total. The molecule has 1 aliphatic rings. The molecule has 0 spiro atoms. The normalized spacial score (nSPS) is 16.5. The summed E-state index contributed by atoms with van der Waals surface area (Å²) in [5.74, 6) is 0. The Hall–Kier alpha value is -2.10. The van der Waals surface area contributed by atoms with E-state index in [1.807, 2.05) is 6.07 Å². The molecule has 1 fully saturated rings. The maximum Gasteiger partial charge on any atom is 0.319 e. The van der Waals surface area contributed by atoms with Gasteiger partial charge in [-0.2, -0.15) is 5.26 Å². The fourth-order valence-corrected chi connectivity index (χ4v) is 2.71. The second-order valence-electron chi connectivity index (χ2n) is 5.68. The van der Waals surface area contributed by atoms with E-state index in [2.05, 4.69) is 16.0 Å². The average Bonchev–Trinajstić information content (AvgIpc) is 2.55. The van der Waals surface area contributed by atoms with E-state index >= 15 is 0 Å². The third-order valence-electron chi connectivity index (χ3n) is 4.01. The highest BCUT2D eigenvalue weighted by Crippen LogP contribution is 2.28. The Kier molecular flexibility index (Phi) is 5.75. The van der Waals surface area contributed by atoms with Crippen molar-refractivity contribution < 1.29 is 9.53 Å². The zero-order chi connectivity index (χ0) is 15.8. The van der Waals surface area contributed by atoms with E-state index in [1.165, 1.54) is 0 Å². The van der Waals surface area contributed by atoms with E-state index in [0.717, 1.165) is 25.9 Å². The lowest BCUT2D eigenvalue weighted by Crippen LogP contribution is -2.47. The minimum atomic E-state index is -0.237. The van der Waals surface area contributed by atoms with Gasteiger partial charge in [0, 0.05) is 24.8 Å². The highest BCUT2D eigenvalue weighted by atomic mass is 16.5. The van der Waals surface area contributed by atoms with Gasteiger partial charge in [-0.1, -0.05) is 0 Å². The summed E-state index contributed by atoms with van der Waals surface area (Å²) in [6, 6.07) is 8.59. The fraction of sp³-hybridized carbons (Fsp3) is 0.500. The van der Waals surface area contributed by atoms with Crippen molar-refractivity contribution in [3.8, 4) is 6.07 Å². The summed E-state index contributed by atoms with van der Waals surface area (Å²) >= 11 is 0. The Labute approximate surface area is 130 Å². The summed E-state index contributed by atoms with van der Waals surface area (Å²) < 4.78 is 5.33. The molecule has 0 atom stereocenters. The first-order valence-electron chi connectivity index (χ1n) is 7.42. The molecule has 0 aliphatic carbocycles. The molecule has 0 unspecified atom stereocenters. The van der Waals surface area contributed by atoms with Crippen LogP contribution in [0.4, 0.5) is 10.5 Å². The Morgan fingerprint density at radius 1 is 1.36 bits per heavy atom. The second-order valence-corrected chi connectivity index (χ2v) is 5.68. The topological polar surface area (TPSA) is 86.2 Å². The van der Waals surface area contributed by atoms with Crippen LogP contribution in [0.1, 0.15) is 18.4 Å². The Bertz CT molecular complexity index is 525. The molecule has 1 aliphatic heterocycles. The standard InChI is InChI=1S/C16H22N4O2/c1-22-12-16(6-8-18-9-7-16)11-19-15(21)20-14-4-2-13(10-17)3-5-14/h2-5,18H,6-9,11-12H2,1H3,(H2,19,20,21). The highest BCUT2D eigenvalue weighted by molar-refractivity contribution is 5.89. The number of carbonyl (C=O) groups excluding carboxylic acids is 1. The van der Waals surface area contributed by atoms with Crippen molar-refractivity contribution in [1.82, 2.24) is 10.6 Å². The summed E-state index contributed by atoms with van der Waals surface area (Å²) in [7, 11) is 1.70. The van der Waals surface area contributed by atoms with Crippen LogP contribution < -0.4 is 16.0 Å². The van der Waals surface area contributed by atoms with Gasteiger partial charge in [0.25, 0.3) is 0 Å². The number of benzene rings is 1. The van der Waals surface area contributed by atoms with E-state index in [4.69, 9.17) is 10.00 Å². The maximum atomic E-state index is 12.0. The molecule has 2 rings (SSSR count). The first-order chi connectivity index (χ1) is 10.7. The van der Waals surface area contributed by atoms with Crippen LogP contribution in [0.5, 0.6) is 0 Å². The number of rotatable bonds is 5. The van der Waals surface area contributed by atoms with Gasteiger partial charge < -0.3 is 20.7 Å². The Morgan fingerprint density at radius 2 is 2.05 bits per heavy atom. The zero-order valence-corrected chi connectivity index (χ0v) is 12.8. The van der Waals surface area contributed by atoms with Gasteiger partial charge in [-0.3, -0.25) is 0 Å². The van der Waals surface area contributed by atoms with Gasteiger partial charge in [0.1, 0.15) is 0 Å². The fourth-order valence-electron chi connectivity index (χ4n) is 2.71. The lowest BCUT2D eigenvalue weighted by atomic mass is 9.79. The van der Waals surface area contributed by atoms with Crippen LogP contribution in [0.2, 0.25) is 0 Å². The first-order valence-corrected chi connectivity index (χ1v) is 7.42. The number of piperidine rings is 1. The quantitative estimate of drug-likeness (QED) is 0.772. The molecule has 0 radical (unpaired) electrons. The summed E-state index contributed by atoms with van der Waals surface area (Å²) in [5.41, 5.74) is 1.24. The molecule has 6 heteroatoms. The molecule has 118 valence electrons. The van der Waals surface area contributed by atoms with Gasteiger partial charge in [0.15, 0.2) is 0 Å². The number of hydrogen-bond donors (Lipinski definition) is 3.